The molecular weight excluding hydrogens is 344 g/mol. The molecule has 148 valence electrons. The van der Waals surface area contributed by atoms with E-state index < -0.39 is 12.0 Å². The number of allylic oxidation sites excluding steroid dienone is 1. The summed E-state index contributed by atoms with van der Waals surface area (Å²) < 4.78 is 10.7. The van der Waals surface area contributed by atoms with Gasteiger partial charge in [0.25, 0.3) is 0 Å². The molecule has 2 amide bonds. The summed E-state index contributed by atoms with van der Waals surface area (Å²) in [4.78, 5) is 24.5. The second-order valence-electron chi connectivity index (χ2n) is 6.64. The fourth-order valence-electron chi connectivity index (χ4n) is 3.07. The molecule has 1 atom stereocenters. The van der Waals surface area contributed by atoms with E-state index in [9.17, 15) is 9.59 Å². The maximum absolute atomic E-state index is 12.4. The van der Waals surface area contributed by atoms with Crippen molar-refractivity contribution in [3.8, 4) is 5.75 Å². The van der Waals surface area contributed by atoms with E-state index >= 15 is 0 Å². The number of urea groups is 1. The molecule has 2 rings (SSSR count). The second-order valence-corrected chi connectivity index (χ2v) is 6.64. The maximum atomic E-state index is 12.4. The number of methoxy groups -OCH3 is 1. The van der Waals surface area contributed by atoms with Crippen LogP contribution < -0.4 is 15.4 Å². The van der Waals surface area contributed by atoms with E-state index in [2.05, 4.69) is 24.5 Å². The van der Waals surface area contributed by atoms with Crippen LogP contribution in [-0.2, 0) is 9.53 Å². The van der Waals surface area contributed by atoms with Gasteiger partial charge in [0.05, 0.1) is 25.3 Å². The molecule has 0 spiro atoms. The lowest BCUT2D eigenvalue weighted by Gasteiger charge is -2.29. The topological polar surface area (TPSA) is 76.7 Å². The fourth-order valence-corrected chi connectivity index (χ4v) is 3.07. The Hall–Kier alpha value is -2.50. The molecule has 0 aliphatic carbocycles. The van der Waals surface area contributed by atoms with E-state index in [4.69, 9.17) is 9.47 Å². The Labute approximate surface area is 161 Å². The van der Waals surface area contributed by atoms with Crippen LogP contribution in [0.3, 0.4) is 0 Å². The number of amides is 2. The zero-order valence-corrected chi connectivity index (χ0v) is 16.5. The molecule has 1 heterocycles. The zero-order valence-electron chi connectivity index (χ0n) is 16.5. The lowest BCUT2D eigenvalue weighted by Crippen LogP contribution is -2.45. The Balaban J connectivity index is 2.22. The first-order chi connectivity index (χ1) is 13.1. The Morgan fingerprint density at radius 2 is 1.78 bits per heavy atom. The number of carbonyl (C=O) groups is 2. The molecule has 0 radical (unpaired) electrons. The van der Waals surface area contributed by atoms with Crippen LogP contribution in [0.25, 0.3) is 0 Å². The largest absolute Gasteiger partial charge is 0.494 e. The molecule has 1 unspecified atom stereocenters. The smallest absolute Gasteiger partial charge is 0.337 e. The molecule has 6 heteroatoms. The molecule has 0 saturated carbocycles. The van der Waals surface area contributed by atoms with Gasteiger partial charge < -0.3 is 20.1 Å². The highest BCUT2D eigenvalue weighted by Crippen LogP contribution is 2.30. The van der Waals surface area contributed by atoms with Crippen LogP contribution in [0.1, 0.15) is 64.0 Å². The summed E-state index contributed by atoms with van der Waals surface area (Å²) in [5.74, 6) is 0.350. The van der Waals surface area contributed by atoms with Crippen molar-refractivity contribution in [2.24, 2.45) is 0 Å². The van der Waals surface area contributed by atoms with Gasteiger partial charge in [-0.15, -0.1) is 0 Å². The number of carbonyl (C=O) groups excluding carboxylic acids is 2. The van der Waals surface area contributed by atoms with Gasteiger partial charge in [0.2, 0.25) is 0 Å². The SMILES string of the molecule is CCCCCOc1ccc(C2NC(=O)NC(CCCC)=C2C(=O)OC)cc1. The number of benzene rings is 1. The quantitative estimate of drug-likeness (QED) is 0.475. The monoisotopic (exact) mass is 374 g/mol. The van der Waals surface area contributed by atoms with E-state index in [1.165, 1.54) is 7.11 Å². The number of hydrogen-bond donors (Lipinski definition) is 2. The average Bonchev–Trinajstić information content (AvgIpc) is 2.69. The number of nitrogens with one attached hydrogen (secondary N) is 2. The minimum absolute atomic E-state index is 0.307. The van der Waals surface area contributed by atoms with Crippen molar-refractivity contribution in [2.45, 2.75) is 58.4 Å². The molecule has 0 aromatic heterocycles. The predicted molar refractivity (Wildman–Crippen MR) is 104 cm³/mol. The third-order valence-corrected chi connectivity index (χ3v) is 4.57. The minimum atomic E-state index is -0.535. The maximum Gasteiger partial charge on any atom is 0.337 e. The van der Waals surface area contributed by atoms with E-state index in [1.807, 2.05) is 24.3 Å². The third-order valence-electron chi connectivity index (χ3n) is 4.57. The van der Waals surface area contributed by atoms with Crippen LogP contribution in [0.4, 0.5) is 4.79 Å². The molecule has 0 bridgehead atoms. The first-order valence-electron chi connectivity index (χ1n) is 9.72. The number of ether oxygens (including phenoxy) is 2. The summed E-state index contributed by atoms with van der Waals surface area (Å²) >= 11 is 0. The number of rotatable bonds is 10. The minimum Gasteiger partial charge on any atom is -0.494 e. The lowest BCUT2D eigenvalue weighted by molar-refractivity contribution is -0.136. The molecule has 1 aromatic carbocycles. The number of hydrogen-bond acceptors (Lipinski definition) is 4. The van der Waals surface area contributed by atoms with Gasteiger partial charge in [-0.1, -0.05) is 45.2 Å². The van der Waals surface area contributed by atoms with E-state index in [1.54, 1.807) is 0 Å². The fraction of sp³-hybridized carbons (Fsp3) is 0.524. The molecule has 27 heavy (non-hydrogen) atoms. The molecule has 6 nitrogen and oxygen atoms in total. The Morgan fingerprint density at radius 1 is 1.07 bits per heavy atom. The molecule has 1 aliphatic rings. The standard InChI is InChI=1S/C21H30N2O4/c1-4-6-8-14-27-16-12-10-15(11-13-16)19-18(20(24)26-3)17(9-7-5-2)22-21(25)23-19/h10-13,19H,4-9,14H2,1-3H3,(H2,22,23,25). The van der Waals surface area contributed by atoms with Gasteiger partial charge in [0.1, 0.15) is 5.75 Å². The van der Waals surface area contributed by atoms with Crippen LogP contribution in [0.5, 0.6) is 5.75 Å². The predicted octanol–water partition coefficient (Wildman–Crippen LogP) is 4.23. The van der Waals surface area contributed by atoms with Gasteiger partial charge in [0, 0.05) is 5.70 Å². The highest BCUT2D eigenvalue weighted by molar-refractivity contribution is 5.95. The summed E-state index contributed by atoms with van der Waals surface area (Å²) in [5.41, 5.74) is 1.92. The van der Waals surface area contributed by atoms with Gasteiger partial charge in [-0.2, -0.15) is 0 Å². The number of esters is 1. The van der Waals surface area contributed by atoms with Gasteiger partial charge in [-0.05, 0) is 37.0 Å². The molecule has 1 aliphatic heterocycles. The zero-order chi connectivity index (χ0) is 19.6. The van der Waals surface area contributed by atoms with Crippen molar-refractivity contribution in [3.05, 3.63) is 41.1 Å². The highest BCUT2D eigenvalue weighted by Gasteiger charge is 2.33. The first-order valence-corrected chi connectivity index (χ1v) is 9.72. The van der Waals surface area contributed by atoms with E-state index in [0.717, 1.165) is 43.4 Å². The van der Waals surface area contributed by atoms with Crippen LogP contribution in [0.2, 0.25) is 0 Å². The van der Waals surface area contributed by atoms with Crippen molar-refractivity contribution in [1.29, 1.82) is 0 Å². The van der Waals surface area contributed by atoms with Crippen molar-refractivity contribution in [3.63, 3.8) is 0 Å². The van der Waals surface area contributed by atoms with Gasteiger partial charge in [-0.25, -0.2) is 9.59 Å². The molecule has 0 saturated heterocycles. The normalized spacial score (nSPS) is 16.6. The van der Waals surface area contributed by atoms with Crippen molar-refractivity contribution < 1.29 is 19.1 Å². The number of unbranched alkanes of at least 4 members (excludes halogenated alkanes) is 3. The van der Waals surface area contributed by atoms with Crippen molar-refractivity contribution >= 4 is 12.0 Å². The first kappa shape index (κ1) is 20.8. The molecule has 1 aromatic rings. The highest BCUT2D eigenvalue weighted by atomic mass is 16.5. The van der Waals surface area contributed by atoms with Crippen molar-refractivity contribution in [1.82, 2.24) is 10.6 Å². The van der Waals surface area contributed by atoms with Gasteiger partial charge >= 0.3 is 12.0 Å². The summed E-state index contributed by atoms with van der Waals surface area (Å²) in [6.07, 6.45) is 5.80. The Morgan fingerprint density at radius 3 is 2.41 bits per heavy atom. The Kier molecular flexibility index (Phi) is 8.17. The molecule has 0 fully saturated rings. The van der Waals surface area contributed by atoms with Crippen LogP contribution in [-0.4, -0.2) is 25.7 Å². The molecular formula is C21H30N2O4. The summed E-state index contributed by atoms with van der Waals surface area (Å²) in [7, 11) is 1.35. The second kappa shape index (κ2) is 10.6. The summed E-state index contributed by atoms with van der Waals surface area (Å²) in [6.45, 7) is 4.91. The summed E-state index contributed by atoms with van der Waals surface area (Å²) in [5, 5.41) is 5.61. The van der Waals surface area contributed by atoms with Gasteiger partial charge in [0.15, 0.2) is 0 Å². The van der Waals surface area contributed by atoms with Crippen molar-refractivity contribution in [2.75, 3.05) is 13.7 Å². The molecule has 2 N–H and O–H groups in total. The van der Waals surface area contributed by atoms with Crippen LogP contribution in [0, 0.1) is 0 Å². The Bertz CT molecular complexity index is 667. The summed E-state index contributed by atoms with van der Waals surface area (Å²) in [6, 6.07) is 6.66. The lowest BCUT2D eigenvalue weighted by atomic mass is 9.93. The van der Waals surface area contributed by atoms with E-state index in [0.29, 0.717) is 24.3 Å². The third kappa shape index (κ3) is 5.74. The van der Waals surface area contributed by atoms with Gasteiger partial charge in [-0.3, -0.25) is 0 Å². The van der Waals surface area contributed by atoms with Crippen LogP contribution in [0.15, 0.2) is 35.5 Å². The van der Waals surface area contributed by atoms with Crippen LogP contribution >= 0.6 is 0 Å². The average molecular weight is 374 g/mol. The van der Waals surface area contributed by atoms with E-state index in [-0.39, 0.29) is 6.03 Å².